The maximum Gasteiger partial charge on any atom is 0.224 e. The van der Waals surface area contributed by atoms with Gasteiger partial charge in [-0.1, -0.05) is 6.07 Å². The van der Waals surface area contributed by atoms with E-state index < -0.39 is 5.60 Å². The number of anilines is 1. The highest BCUT2D eigenvalue weighted by Gasteiger charge is 2.38. The largest absolute Gasteiger partial charge is 0.390 e. The molecule has 5 rings (SSSR count). The Kier molecular flexibility index (Phi) is 3.20. The quantitative estimate of drug-likeness (QED) is 0.527. The Labute approximate surface area is 149 Å². The predicted molar refractivity (Wildman–Crippen MR) is 99.7 cm³/mol. The molecule has 0 unspecified atom stereocenters. The van der Waals surface area contributed by atoms with E-state index in [4.69, 9.17) is 0 Å². The van der Waals surface area contributed by atoms with Crippen LogP contribution in [0.5, 0.6) is 0 Å². The second kappa shape index (κ2) is 5.47. The molecule has 4 aromatic rings. The van der Waals surface area contributed by atoms with Crippen LogP contribution < -0.4 is 5.32 Å². The van der Waals surface area contributed by atoms with Crippen molar-refractivity contribution in [2.24, 2.45) is 0 Å². The zero-order chi connectivity index (χ0) is 17.7. The van der Waals surface area contributed by atoms with Gasteiger partial charge in [-0.2, -0.15) is 15.2 Å². The van der Waals surface area contributed by atoms with Crippen molar-refractivity contribution in [1.29, 1.82) is 0 Å². The summed E-state index contributed by atoms with van der Waals surface area (Å²) in [6.45, 7) is 1.85. The van der Waals surface area contributed by atoms with Gasteiger partial charge in [-0.3, -0.25) is 0 Å². The molecule has 1 aliphatic rings. The minimum Gasteiger partial charge on any atom is -0.390 e. The molecule has 26 heavy (non-hydrogen) atoms. The Bertz CT molecular complexity index is 1110. The third-order valence-corrected chi connectivity index (χ3v) is 4.96. The summed E-state index contributed by atoms with van der Waals surface area (Å²) in [6.07, 6.45) is 6.91. The molecular formula is C19H18N6O. The maximum absolute atomic E-state index is 9.84. The lowest BCUT2D eigenvalue weighted by Gasteiger charge is -2.41. The fourth-order valence-corrected chi connectivity index (χ4v) is 3.66. The number of hydrogen-bond acceptors (Lipinski definition) is 6. The summed E-state index contributed by atoms with van der Waals surface area (Å²) in [5, 5.41) is 23.2. The van der Waals surface area contributed by atoms with E-state index in [9.17, 15) is 5.11 Å². The fraction of sp³-hybridized carbons (Fsp3) is 0.263. The average Bonchev–Trinajstić information content (AvgIpc) is 3.03. The first-order valence-corrected chi connectivity index (χ1v) is 8.62. The van der Waals surface area contributed by atoms with Gasteiger partial charge in [-0.05, 0) is 43.5 Å². The molecule has 1 fully saturated rings. The Morgan fingerprint density at radius 3 is 3.00 bits per heavy atom. The monoisotopic (exact) mass is 346 g/mol. The minimum atomic E-state index is -0.568. The maximum atomic E-state index is 9.84. The first kappa shape index (κ1) is 15.2. The third-order valence-electron chi connectivity index (χ3n) is 4.96. The number of rotatable bonds is 3. The van der Waals surface area contributed by atoms with Gasteiger partial charge in [0.05, 0.1) is 17.3 Å². The zero-order valence-corrected chi connectivity index (χ0v) is 14.3. The number of H-pyrrole nitrogens is 1. The smallest absolute Gasteiger partial charge is 0.224 e. The fourth-order valence-electron chi connectivity index (χ4n) is 3.66. The molecule has 0 amide bonds. The van der Waals surface area contributed by atoms with Crippen LogP contribution in [-0.4, -0.2) is 41.9 Å². The van der Waals surface area contributed by atoms with Gasteiger partial charge in [0.2, 0.25) is 5.95 Å². The van der Waals surface area contributed by atoms with Crippen LogP contribution in [0, 0.1) is 0 Å². The normalized spacial score (nSPS) is 22.5. The number of fused-ring (bicyclic) bond motifs is 2. The van der Waals surface area contributed by atoms with Crippen molar-refractivity contribution in [3.8, 4) is 11.1 Å². The van der Waals surface area contributed by atoms with Gasteiger partial charge in [-0.15, -0.1) is 0 Å². The van der Waals surface area contributed by atoms with Crippen LogP contribution in [0.25, 0.3) is 33.1 Å². The highest BCUT2D eigenvalue weighted by atomic mass is 16.3. The molecule has 3 N–H and O–H groups in total. The molecular weight excluding hydrogens is 328 g/mol. The van der Waals surface area contributed by atoms with Crippen molar-refractivity contribution < 1.29 is 5.11 Å². The van der Waals surface area contributed by atoms with Gasteiger partial charge in [0.15, 0.2) is 0 Å². The van der Waals surface area contributed by atoms with Crippen molar-refractivity contribution in [3.63, 3.8) is 0 Å². The lowest BCUT2D eigenvalue weighted by Crippen LogP contribution is -2.48. The Morgan fingerprint density at radius 2 is 2.15 bits per heavy atom. The predicted octanol–water partition coefficient (Wildman–Crippen LogP) is 2.89. The lowest BCUT2D eigenvalue weighted by atomic mass is 9.77. The van der Waals surface area contributed by atoms with Crippen LogP contribution in [0.3, 0.4) is 0 Å². The number of aromatic nitrogens is 5. The van der Waals surface area contributed by atoms with E-state index in [0.717, 1.165) is 33.1 Å². The molecule has 0 spiro atoms. The number of aromatic amines is 1. The van der Waals surface area contributed by atoms with E-state index in [1.165, 1.54) is 0 Å². The first-order chi connectivity index (χ1) is 12.6. The summed E-state index contributed by atoms with van der Waals surface area (Å²) in [5.41, 5.74) is 3.22. The number of hydrogen-bond donors (Lipinski definition) is 3. The Hall–Kier alpha value is -3.06. The second-order valence-electron chi connectivity index (χ2n) is 7.21. The molecule has 0 saturated heterocycles. The summed E-state index contributed by atoms with van der Waals surface area (Å²) >= 11 is 0. The standard InChI is InChI=1S/C19H18N6O/c1-19(26)7-13(8-19)23-18-21-10-15-14(9-20-17(15)24-18)11-2-3-16-12(6-11)4-5-22-25-16/h2-6,9-10,13,26H,7-8H2,1H3,(H2,20,21,23,24)/t13-,19-. The van der Waals surface area contributed by atoms with E-state index in [2.05, 4.69) is 36.5 Å². The molecule has 0 bridgehead atoms. The van der Waals surface area contributed by atoms with E-state index in [1.807, 2.05) is 37.5 Å². The van der Waals surface area contributed by atoms with Crippen molar-refractivity contribution in [3.05, 3.63) is 42.9 Å². The minimum absolute atomic E-state index is 0.221. The van der Waals surface area contributed by atoms with Gasteiger partial charge in [0.1, 0.15) is 5.65 Å². The van der Waals surface area contributed by atoms with Crippen LogP contribution in [-0.2, 0) is 0 Å². The van der Waals surface area contributed by atoms with Crippen LogP contribution in [0.1, 0.15) is 19.8 Å². The summed E-state index contributed by atoms with van der Waals surface area (Å²) in [7, 11) is 0. The summed E-state index contributed by atoms with van der Waals surface area (Å²) in [5.74, 6) is 0.584. The van der Waals surface area contributed by atoms with Crippen molar-refractivity contribution in [1.82, 2.24) is 25.1 Å². The molecule has 1 aliphatic carbocycles. The molecule has 0 aliphatic heterocycles. The molecule has 7 nitrogen and oxygen atoms in total. The SMILES string of the molecule is C[C@]1(O)C[C@H](Nc2ncc3c(-c4ccc5nnccc5c4)c[nH]c3n2)C1. The molecule has 1 saturated carbocycles. The van der Waals surface area contributed by atoms with Gasteiger partial charge in [0.25, 0.3) is 0 Å². The number of benzene rings is 1. The van der Waals surface area contributed by atoms with Crippen LogP contribution in [0.15, 0.2) is 42.9 Å². The van der Waals surface area contributed by atoms with Crippen molar-refractivity contribution in [2.45, 2.75) is 31.4 Å². The highest BCUT2D eigenvalue weighted by Crippen LogP contribution is 2.34. The van der Waals surface area contributed by atoms with Gasteiger partial charge >= 0.3 is 0 Å². The van der Waals surface area contributed by atoms with E-state index >= 15 is 0 Å². The average molecular weight is 346 g/mol. The van der Waals surface area contributed by atoms with E-state index in [0.29, 0.717) is 18.8 Å². The zero-order valence-electron chi connectivity index (χ0n) is 14.3. The lowest BCUT2D eigenvalue weighted by molar-refractivity contribution is -0.0235. The Morgan fingerprint density at radius 1 is 1.27 bits per heavy atom. The van der Waals surface area contributed by atoms with Crippen LogP contribution in [0.2, 0.25) is 0 Å². The molecule has 1 aromatic carbocycles. The summed E-state index contributed by atoms with van der Waals surface area (Å²) in [4.78, 5) is 12.3. The van der Waals surface area contributed by atoms with Gasteiger partial charge in [0, 0.05) is 34.8 Å². The van der Waals surface area contributed by atoms with Gasteiger partial charge in [-0.25, -0.2) is 4.98 Å². The van der Waals surface area contributed by atoms with Gasteiger partial charge < -0.3 is 15.4 Å². The molecule has 0 radical (unpaired) electrons. The molecule has 7 heteroatoms. The Balaban J connectivity index is 1.47. The second-order valence-corrected chi connectivity index (χ2v) is 7.21. The van der Waals surface area contributed by atoms with Crippen molar-refractivity contribution in [2.75, 3.05) is 5.32 Å². The van der Waals surface area contributed by atoms with Crippen LogP contribution in [0.4, 0.5) is 5.95 Å². The molecule has 3 heterocycles. The highest BCUT2D eigenvalue weighted by molar-refractivity contribution is 5.96. The third kappa shape index (κ3) is 2.57. The van der Waals surface area contributed by atoms with E-state index in [-0.39, 0.29) is 6.04 Å². The van der Waals surface area contributed by atoms with Crippen LogP contribution >= 0.6 is 0 Å². The molecule has 130 valence electrons. The number of nitrogens with one attached hydrogen (secondary N) is 2. The van der Waals surface area contributed by atoms with E-state index in [1.54, 1.807) is 6.20 Å². The topological polar surface area (TPSA) is 99.6 Å². The summed E-state index contributed by atoms with van der Waals surface area (Å²) < 4.78 is 0. The molecule has 3 aromatic heterocycles. The summed E-state index contributed by atoms with van der Waals surface area (Å²) in [6, 6.07) is 8.26. The number of aliphatic hydroxyl groups is 1. The molecule has 0 atom stereocenters. The number of nitrogens with zero attached hydrogens (tertiary/aromatic N) is 4. The van der Waals surface area contributed by atoms with Crippen molar-refractivity contribution >= 4 is 27.9 Å². The first-order valence-electron chi connectivity index (χ1n) is 8.62.